The molecule has 0 bridgehead atoms. The molecule has 2 atom stereocenters. The van der Waals surface area contributed by atoms with E-state index in [0.717, 1.165) is 69.2 Å². The third-order valence-electron chi connectivity index (χ3n) is 7.60. The number of benzene rings is 1. The second-order valence-corrected chi connectivity index (χ2v) is 10.5. The van der Waals surface area contributed by atoms with Gasteiger partial charge in [0.05, 0.1) is 11.6 Å². The first-order valence-corrected chi connectivity index (χ1v) is 13.3. The summed E-state index contributed by atoms with van der Waals surface area (Å²) in [4.78, 5) is 30.9. The van der Waals surface area contributed by atoms with Gasteiger partial charge in [-0.1, -0.05) is 76.5 Å². The van der Waals surface area contributed by atoms with Crippen LogP contribution in [-0.2, 0) is 11.2 Å². The Morgan fingerprint density at radius 2 is 1.76 bits per heavy atom. The number of likely N-dealkylation sites (N-methyl/N-ethyl adjacent to an activating group) is 1. The zero-order valence-corrected chi connectivity index (χ0v) is 21.2. The average Bonchev–Trinajstić information content (AvgIpc) is 2.79. The molecular weight excluding hydrogens is 410 g/mol. The van der Waals surface area contributed by atoms with Crippen LogP contribution in [0.4, 0.5) is 0 Å². The molecule has 1 aromatic rings. The van der Waals surface area contributed by atoms with Crippen LogP contribution in [0.2, 0.25) is 0 Å². The largest absolute Gasteiger partial charge is 0.344 e. The molecule has 3 rings (SSSR count). The highest BCUT2D eigenvalue weighted by molar-refractivity contribution is 5.97. The summed E-state index contributed by atoms with van der Waals surface area (Å²) in [7, 11) is 4.13. The number of fused-ring (bicyclic) bond motifs is 1. The number of amides is 2. The smallest absolute Gasteiger partial charge is 0.252 e. The van der Waals surface area contributed by atoms with Crippen molar-refractivity contribution in [1.82, 2.24) is 15.1 Å². The summed E-state index contributed by atoms with van der Waals surface area (Å²) in [6.45, 7) is 3.82. The lowest BCUT2D eigenvalue weighted by atomic mass is 9.70. The van der Waals surface area contributed by atoms with Crippen molar-refractivity contribution in [1.29, 1.82) is 0 Å². The van der Waals surface area contributed by atoms with Gasteiger partial charge in [0.2, 0.25) is 5.91 Å². The number of unbranched alkanes of at least 4 members (excludes halogenated alkanes) is 6. The van der Waals surface area contributed by atoms with Crippen LogP contribution in [0.3, 0.4) is 0 Å². The van der Waals surface area contributed by atoms with Gasteiger partial charge in [0, 0.05) is 25.1 Å². The minimum absolute atomic E-state index is 0.0239. The molecule has 184 valence electrons. The third kappa shape index (κ3) is 6.81. The highest BCUT2D eigenvalue weighted by Gasteiger charge is 2.48. The van der Waals surface area contributed by atoms with Crippen molar-refractivity contribution in [2.75, 3.05) is 27.2 Å². The Kier molecular flexibility index (Phi) is 9.78. The molecule has 5 nitrogen and oxygen atoms in total. The molecule has 2 unspecified atom stereocenters. The van der Waals surface area contributed by atoms with Crippen LogP contribution in [0.1, 0.15) is 99.9 Å². The van der Waals surface area contributed by atoms with E-state index >= 15 is 0 Å². The van der Waals surface area contributed by atoms with E-state index in [1.165, 1.54) is 32.1 Å². The Morgan fingerprint density at radius 1 is 1.03 bits per heavy atom. The van der Waals surface area contributed by atoms with Gasteiger partial charge in [-0.15, -0.1) is 0 Å². The van der Waals surface area contributed by atoms with Gasteiger partial charge in [-0.2, -0.15) is 0 Å². The quantitative estimate of drug-likeness (QED) is 0.442. The topological polar surface area (TPSA) is 52.7 Å². The summed E-state index contributed by atoms with van der Waals surface area (Å²) >= 11 is 0. The first kappa shape index (κ1) is 25.7. The van der Waals surface area contributed by atoms with Crippen LogP contribution in [-0.4, -0.2) is 60.4 Å². The second kappa shape index (κ2) is 12.5. The molecule has 1 saturated carbocycles. The molecule has 5 heteroatoms. The van der Waals surface area contributed by atoms with Gasteiger partial charge in [-0.25, -0.2) is 0 Å². The van der Waals surface area contributed by atoms with E-state index in [4.69, 9.17) is 0 Å². The van der Waals surface area contributed by atoms with Gasteiger partial charge < -0.3 is 15.1 Å². The maximum absolute atomic E-state index is 13.5. The molecule has 1 aliphatic heterocycles. The fraction of sp³-hybridized carbons (Fsp3) is 0.714. The van der Waals surface area contributed by atoms with Gasteiger partial charge in [-0.05, 0) is 51.4 Å². The van der Waals surface area contributed by atoms with E-state index in [9.17, 15) is 9.59 Å². The van der Waals surface area contributed by atoms with Crippen molar-refractivity contribution < 1.29 is 9.59 Å². The molecule has 1 N–H and O–H groups in total. The molecule has 33 heavy (non-hydrogen) atoms. The number of nitrogens with zero attached hydrogens (tertiary/aromatic N) is 2. The molecule has 1 heterocycles. The number of carbonyl (C=O) groups excluding carboxylic acids is 2. The van der Waals surface area contributed by atoms with E-state index in [2.05, 4.69) is 42.2 Å². The average molecular weight is 456 g/mol. The molecule has 1 fully saturated rings. The number of carbonyl (C=O) groups is 2. The van der Waals surface area contributed by atoms with E-state index in [-0.39, 0.29) is 23.4 Å². The number of hydrogen-bond acceptors (Lipinski definition) is 3. The van der Waals surface area contributed by atoms with Crippen LogP contribution >= 0.6 is 0 Å². The Hall–Kier alpha value is -1.88. The molecular formula is C28H45N3O2. The van der Waals surface area contributed by atoms with Crippen LogP contribution in [0.15, 0.2) is 24.3 Å². The van der Waals surface area contributed by atoms with Gasteiger partial charge in [0.1, 0.15) is 0 Å². The van der Waals surface area contributed by atoms with Crippen LogP contribution in [0, 0.1) is 0 Å². The zero-order valence-electron chi connectivity index (χ0n) is 21.2. The monoisotopic (exact) mass is 455 g/mol. The summed E-state index contributed by atoms with van der Waals surface area (Å²) in [6.07, 6.45) is 14.1. The summed E-state index contributed by atoms with van der Waals surface area (Å²) in [5.41, 5.74) is 1.58. The van der Waals surface area contributed by atoms with Crippen molar-refractivity contribution >= 4 is 11.8 Å². The molecule has 2 amide bonds. The second-order valence-electron chi connectivity index (χ2n) is 10.5. The maximum Gasteiger partial charge on any atom is 0.252 e. The van der Waals surface area contributed by atoms with Crippen molar-refractivity contribution in [2.45, 2.75) is 102 Å². The van der Waals surface area contributed by atoms with E-state index in [1.54, 1.807) is 0 Å². The molecule has 1 spiro atoms. The minimum atomic E-state index is -0.341. The summed E-state index contributed by atoms with van der Waals surface area (Å²) in [5, 5.41) is 3.41. The molecule has 2 aliphatic rings. The lowest BCUT2D eigenvalue weighted by Crippen LogP contribution is -2.67. The minimum Gasteiger partial charge on any atom is -0.344 e. The SMILES string of the molecule is CCCCCCCCCC(=O)N(CCN(C)C)C1CCCCC12Cc1ccccc1C(=O)N2. The zero-order chi connectivity index (χ0) is 23.7. The number of rotatable bonds is 12. The number of hydrogen-bond donors (Lipinski definition) is 1. The third-order valence-corrected chi connectivity index (χ3v) is 7.60. The predicted octanol–water partition coefficient (Wildman–Crippen LogP) is 5.18. The van der Waals surface area contributed by atoms with Gasteiger partial charge in [0.25, 0.3) is 5.91 Å². The van der Waals surface area contributed by atoms with Crippen molar-refractivity contribution in [2.24, 2.45) is 0 Å². The van der Waals surface area contributed by atoms with Crippen molar-refractivity contribution in [3.05, 3.63) is 35.4 Å². The normalized spacial score (nSPS) is 22.3. The summed E-state index contributed by atoms with van der Waals surface area (Å²) in [6, 6.07) is 8.04. The first-order valence-electron chi connectivity index (χ1n) is 13.3. The molecule has 1 aromatic carbocycles. The lowest BCUT2D eigenvalue weighted by Gasteiger charge is -2.51. The summed E-state index contributed by atoms with van der Waals surface area (Å²) in [5.74, 6) is 0.292. The van der Waals surface area contributed by atoms with Crippen molar-refractivity contribution in [3.63, 3.8) is 0 Å². The molecule has 1 aliphatic carbocycles. The Balaban J connectivity index is 1.71. The highest BCUT2D eigenvalue weighted by atomic mass is 16.2. The Bertz CT molecular complexity index is 778. The number of nitrogens with one attached hydrogen (secondary N) is 1. The molecule has 0 radical (unpaired) electrons. The Morgan fingerprint density at radius 3 is 2.52 bits per heavy atom. The van der Waals surface area contributed by atoms with E-state index in [1.807, 2.05) is 18.2 Å². The van der Waals surface area contributed by atoms with Gasteiger partial charge in [0.15, 0.2) is 0 Å². The van der Waals surface area contributed by atoms with Gasteiger partial charge >= 0.3 is 0 Å². The van der Waals surface area contributed by atoms with Crippen molar-refractivity contribution in [3.8, 4) is 0 Å². The fourth-order valence-corrected chi connectivity index (χ4v) is 5.74. The standard InChI is InChI=1S/C28H45N3O2/c1-4-5-6-7-8-9-10-18-26(32)31(21-20-30(2)3)25-17-13-14-19-28(25)22-23-15-11-12-16-24(23)27(33)29-28/h11-12,15-16,25H,4-10,13-14,17-22H2,1-3H3,(H,29,33). The van der Waals surface area contributed by atoms with Gasteiger partial charge in [-0.3, -0.25) is 9.59 Å². The Labute approximate surface area is 201 Å². The van der Waals surface area contributed by atoms with E-state index < -0.39 is 0 Å². The van der Waals surface area contributed by atoms with Crippen LogP contribution in [0.25, 0.3) is 0 Å². The summed E-state index contributed by atoms with van der Waals surface area (Å²) < 4.78 is 0. The van der Waals surface area contributed by atoms with Crippen LogP contribution < -0.4 is 5.32 Å². The fourth-order valence-electron chi connectivity index (χ4n) is 5.74. The highest BCUT2D eigenvalue weighted by Crippen LogP contribution is 2.38. The molecule has 0 aromatic heterocycles. The van der Waals surface area contributed by atoms with E-state index in [0.29, 0.717) is 6.42 Å². The first-order chi connectivity index (χ1) is 16.0. The maximum atomic E-state index is 13.5. The molecule has 0 saturated heterocycles. The predicted molar refractivity (Wildman–Crippen MR) is 135 cm³/mol. The van der Waals surface area contributed by atoms with Crippen LogP contribution in [0.5, 0.6) is 0 Å². The lowest BCUT2D eigenvalue weighted by molar-refractivity contribution is -0.137.